The van der Waals surface area contributed by atoms with Gasteiger partial charge in [0, 0.05) is 43.8 Å². The van der Waals surface area contributed by atoms with Gasteiger partial charge in [0.25, 0.3) is 0 Å². The summed E-state index contributed by atoms with van der Waals surface area (Å²) in [5.74, 6) is 0.920. The number of nitrogens with one attached hydrogen (secondary N) is 2. The zero-order valence-electron chi connectivity index (χ0n) is 14.8. The first kappa shape index (κ1) is 18.3. The molecule has 6 heteroatoms. The van der Waals surface area contributed by atoms with Crippen molar-refractivity contribution in [2.24, 2.45) is 4.99 Å². The van der Waals surface area contributed by atoms with Crippen LogP contribution in [0.25, 0.3) is 0 Å². The van der Waals surface area contributed by atoms with E-state index in [2.05, 4.69) is 15.6 Å². The van der Waals surface area contributed by atoms with E-state index in [1.807, 2.05) is 53.4 Å². The Morgan fingerprint density at radius 1 is 1.12 bits per heavy atom. The van der Waals surface area contributed by atoms with E-state index in [1.54, 1.807) is 7.05 Å². The number of aliphatic imine (C=N–C) groups is 1. The Balaban J connectivity index is 1.52. The molecule has 1 amide bonds. The third-order valence-corrected chi connectivity index (χ3v) is 4.78. The van der Waals surface area contributed by atoms with Gasteiger partial charge in [-0.2, -0.15) is 0 Å². The summed E-state index contributed by atoms with van der Waals surface area (Å²) < 4.78 is 0. The summed E-state index contributed by atoms with van der Waals surface area (Å²) >= 11 is 6.17. The van der Waals surface area contributed by atoms with Gasteiger partial charge in [-0.05, 0) is 35.7 Å². The van der Waals surface area contributed by atoms with Gasteiger partial charge in [-0.3, -0.25) is 9.79 Å². The first-order valence-electron chi connectivity index (χ1n) is 8.74. The summed E-state index contributed by atoms with van der Waals surface area (Å²) in [5, 5.41) is 7.29. The van der Waals surface area contributed by atoms with E-state index in [9.17, 15) is 4.79 Å². The summed E-state index contributed by atoms with van der Waals surface area (Å²) in [4.78, 5) is 17.9. The lowest BCUT2D eigenvalue weighted by molar-refractivity contribution is -0.117. The van der Waals surface area contributed by atoms with Crippen molar-refractivity contribution in [3.05, 3.63) is 64.7 Å². The lowest BCUT2D eigenvalue weighted by atomic mass is 10.2. The van der Waals surface area contributed by atoms with E-state index < -0.39 is 0 Å². The molecule has 1 saturated heterocycles. The number of amides is 1. The number of halogens is 1. The van der Waals surface area contributed by atoms with Crippen LogP contribution < -0.4 is 15.5 Å². The number of guanidine groups is 1. The Bertz CT molecular complexity index is 789. The maximum Gasteiger partial charge on any atom is 0.227 e. The number of rotatable bonds is 5. The molecule has 1 heterocycles. The molecular weight excluding hydrogens is 348 g/mol. The standard InChI is InChI=1S/C20H23ClN4O/c1-22-20(24-14-16-5-2-3-6-18(16)21)23-13-15-8-10-17(11-9-15)25-12-4-7-19(25)26/h2-3,5-6,8-11H,4,7,12-14H2,1H3,(H2,22,23,24). The summed E-state index contributed by atoms with van der Waals surface area (Å²) in [7, 11) is 1.74. The molecule has 0 spiro atoms. The molecule has 26 heavy (non-hydrogen) atoms. The minimum Gasteiger partial charge on any atom is -0.352 e. The highest BCUT2D eigenvalue weighted by Crippen LogP contribution is 2.21. The van der Waals surface area contributed by atoms with Crippen LogP contribution in [0.4, 0.5) is 5.69 Å². The number of carbonyl (C=O) groups is 1. The highest BCUT2D eigenvalue weighted by molar-refractivity contribution is 6.31. The number of hydrogen-bond acceptors (Lipinski definition) is 2. The fourth-order valence-corrected chi connectivity index (χ4v) is 3.14. The van der Waals surface area contributed by atoms with Crippen molar-refractivity contribution in [2.75, 3.05) is 18.5 Å². The molecule has 1 fully saturated rings. The Hall–Kier alpha value is -2.53. The van der Waals surface area contributed by atoms with E-state index in [0.29, 0.717) is 25.5 Å². The van der Waals surface area contributed by atoms with E-state index >= 15 is 0 Å². The molecule has 2 N–H and O–H groups in total. The smallest absolute Gasteiger partial charge is 0.227 e. The van der Waals surface area contributed by atoms with Gasteiger partial charge < -0.3 is 15.5 Å². The molecule has 0 atom stereocenters. The molecule has 2 aromatic carbocycles. The van der Waals surface area contributed by atoms with Crippen LogP contribution in [-0.4, -0.2) is 25.5 Å². The van der Waals surface area contributed by atoms with Gasteiger partial charge in [-0.1, -0.05) is 41.9 Å². The van der Waals surface area contributed by atoms with Crippen molar-refractivity contribution in [3.63, 3.8) is 0 Å². The molecule has 1 aliphatic rings. The van der Waals surface area contributed by atoms with Crippen molar-refractivity contribution in [2.45, 2.75) is 25.9 Å². The van der Waals surface area contributed by atoms with Crippen LogP contribution >= 0.6 is 11.6 Å². The molecule has 3 rings (SSSR count). The summed E-state index contributed by atoms with van der Waals surface area (Å²) in [6.07, 6.45) is 1.59. The Morgan fingerprint density at radius 2 is 1.85 bits per heavy atom. The Labute approximate surface area is 159 Å². The molecule has 0 unspecified atom stereocenters. The zero-order valence-corrected chi connectivity index (χ0v) is 15.6. The van der Waals surface area contributed by atoms with Crippen LogP contribution in [-0.2, 0) is 17.9 Å². The second-order valence-electron chi connectivity index (χ2n) is 6.19. The predicted molar refractivity (Wildman–Crippen MR) is 107 cm³/mol. The van der Waals surface area contributed by atoms with Crippen LogP contribution in [0.3, 0.4) is 0 Å². The van der Waals surface area contributed by atoms with Crippen molar-refractivity contribution < 1.29 is 4.79 Å². The van der Waals surface area contributed by atoms with Crippen molar-refractivity contribution in [1.29, 1.82) is 0 Å². The second-order valence-corrected chi connectivity index (χ2v) is 6.59. The number of anilines is 1. The quantitative estimate of drug-likeness (QED) is 0.627. The van der Waals surface area contributed by atoms with Gasteiger partial charge in [-0.15, -0.1) is 0 Å². The average molecular weight is 371 g/mol. The monoisotopic (exact) mass is 370 g/mol. The molecule has 0 radical (unpaired) electrons. The first-order valence-corrected chi connectivity index (χ1v) is 9.12. The molecule has 0 aliphatic carbocycles. The number of carbonyl (C=O) groups excluding carboxylic acids is 1. The number of benzene rings is 2. The third-order valence-electron chi connectivity index (χ3n) is 4.41. The van der Waals surface area contributed by atoms with Gasteiger partial charge in [0.2, 0.25) is 5.91 Å². The molecular formula is C20H23ClN4O. The van der Waals surface area contributed by atoms with Crippen LogP contribution in [0, 0.1) is 0 Å². The topological polar surface area (TPSA) is 56.7 Å². The van der Waals surface area contributed by atoms with E-state index in [1.165, 1.54) is 0 Å². The summed E-state index contributed by atoms with van der Waals surface area (Å²) in [5.41, 5.74) is 3.12. The van der Waals surface area contributed by atoms with Crippen LogP contribution in [0.1, 0.15) is 24.0 Å². The minimum absolute atomic E-state index is 0.208. The Kier molecular flexibility index (Phi) is 6.12. The average Bonchev–Trinajstić information content (AvgIpc) is 3.09. The highest BCUT2D eigenvalue weighted by Gasteiger charge is 2.21. The minimum atomic E-state index is 0.208. The molecule has 0 saturated carbocycles. The van der Waals surface area contributed by atoms with Crippen molar-refractivity contribution >= 4 is 29.2 Å². The molecule has 1 aliphatic heterocycles. The van der Waals surface area contributed by atoms with Crippen LogP contribution in [0.2, 0.25) is 5.02 Å². The summed E-state index contributed by atoms with van der Waals surface area (Å²) in [6, 6.07) is 15.8. The highest BCUT2D eigenvalue weighted by atomic mass is 35.5. The Morgan fingerprint density at radius 3 is 2.50 bits per heavy atom. The van der Waals surface area contributed by atoms with E-state index in [-0.39, 0.29) is 5.91 Å². The van der Waals surface area contributed by atoms with Crippen LogP contribution in [0.5, 0.6) is 0 Å². The van der Waals surface area contributed by atoms with Gasteiger partial charge in [0.05, 0.1) is 0 Å². The second kappa shape index (κ2) is 8.72. The maximum atomic E-state index is 11.8. The predicted octanol–water partition coefficient (Wildman–Crippen LogP) is 3.33. The summed E-state index contributed by atoms with van der Waals surface area (Å²) in [6.45, 7) is 2.07. The van der Waals surface area contributed by atoms with Crippen LogP contribution in [0.15, 0.2) is 53.5 Å². The van der Waals surface area contributed by atoms with Gasteiger partial charge in [0.1, 0.15) is 0 Å². The van der Waals surface area contributed by atoms with Crippen molar-refractivity contribution in [3.8, 4) is 0 Å². The largest absolute Gasteiger partial charge is 0.352 e. The van der Waals surface area contributed by atoms with Gasteiger partial charge >= 0.3 is 0 Å². The molecule has 0 aromatic heterocycles. The lowest BCUT2D eigenvalue weighted by Crippen LogP contribution is -2.36. The first-order chi connectivity index (χ1) is 12.7. The normalized spacial score (nSPS) is 14.6. The molecule has 0 bridgehead atoms. The fourth-order valence-electron chi connectivity index (χ4n) is 2.94. The zero-order chi connectivity index (χ0) is 18.4. The molecule has 5 nitrogen and oxygen atoms in total. The van der Waals surface area contributed by atoms with Gasteiger partial charge in [-0.25, -0.2) is 0 Å². The van der Waals surface area contributed by atoms with Gasteiger partial charge in [0.15, 0.2) is 5.96 Å². The van der Waals surface area contributed by atoms with E-state index in [0.717, 1.165) is 34.8 Å². The SMILES string of the molecule is CN=C(NCc1ccc(N2CCCC2=O)cc1)NCc1ccccc1Cl. The number of nitrogens with zero attached hydrogens (tertiary/aromatic N) is 2. The van der Waals surface area contributed by atoms with Crippen molar-refractivity contribution in [1.82, 2.24) is 10.6 Å². The lowest BCUT2D eigenvalue weighted by Gasteiger charge is -2.16. The van der Waals surface area contributed by atoms with E-state index in [4.69, 9.17) is 11.6 Å². The maximum absolute atomic E-state index is 11.8. The molecule has 136 valence electrons. The third kappa shape index (κ3) is 4.55. The molecule has 2 aromatic rings. The number of hydrogen-bond donors (Lipinski definition) is 2. The fraction of sp³-hybridized carbons (Fsp3) is 0.300.